The summed E-state index contributed by atoms with van der Waals surface area (Å²) in [5.41, 5.74) is 7.14. The standard InChI is InChI=1S/C13H18N2/c14-6-11-12-8-15(9-13(11)12)7-10-4-2-1-3-5-10/h1-5,11-13H,6-9,14H2/t11-,12+,13-. The molecule has 2 heteroatoms. The van der Waals surface area contributed by atoms with Crippen molar-refractivity contribution in [2.75, 3.05) is 19.6 Å². The number of nitrogens with two attached hydrogens (primary N) is 1. The van der Waals surface area contributed by atoms with Crippen LogP contribution in [0.15, 0.2) is 30.3 Å². The van der Waals surface area contributed by atoms with Crippen LogP contribution >= 0.6 is 0 Å². The van der Waals surface area contributed by atoms with Crippen molar-refractivity contribution in [3.05, 3.63) is 35.9 Å². The maximum Gasteiger partial charge on any atom is 0.0233 e. The SMILES string of the molecule is NC[C@H]1[C@H]2CN(Cc3ccccc3)C[C@@H]12. The molecule has 15 heavy (non-hydrogen) atoms. The largest absolute Gasteiger partial charge is 0.330 e. The molecule has 1 saturated carbocycles. The van der Waals surface area contributed by atoms with E-state index in [1.807, 2.05) is 0 Å². The van der Waals surface area contributed by atoms with E-state index in [9.17, 15) is 0 Å². The van der Waals surface area contributed by atoms with Gasteiger partial charge in [-0.3, -0.25) is 4.90 Å². The molecule has 1 aromatic rings. The van der Waals surface area contributed by atoms with E-state index in [0.29, 0.717) is 0 Å². The molecule has 2 fully saturated rings. The Morgan fingerprint density at radius 3 is 2.40 bits per heavy atom. The lowest BCUT2D eigenvalue weighted by Gasteiger charge is -2.18. The Morgan fingerprint density at radius 2 is 1.80 bits per heavy atom. The molecular formula is C13H18N2. The Morgan fingerprint density at radius 1 is 1.13 bits per heavy atom. The molecule has 80 valence electrons. The zero-order valence-electron chi connectivity index (χ0n) is 8.97. The zero-order chi connectivity index (χ0) is 10.3. The predicted octanol–water partition coefficient (Wildman–Crippen LogP) is 1.32. The van der Waals surface area contributed by atoms with E-state index in [2.05, 4.69) is 35.2 Å². The molecule has 0 unspecified atom stereocenters. The molecule has 0 aromatic heterocycles. The van der Waals surface area contributed by atoms with Crippen LogP contribution in [0.2, 0.25) is 0 Å². The summed E-state index contributed by atoms with van der Waals surface area (Å²) >= 11 is 0. The lowest BCUT2D eigenvalue weighted by atomic mass is 10.2. The minimum Gasteiger partial charge on any atom is -0.330 e. The van der Waals surface area contributed by atoms with Gasteiger partial charge >= 0.3 is 0 Å². The highest BCUT2D eigenvalue weighted by molar-refractivity contribution is 5.16. The second-order valence-electron chi connectivity index (χ2n) is 4.91. The van der Waals surface area contributed by atoms with Crippen LogP contribution in [0.1, 0.15) is 5.56 Å². The first-order valence-electron chi connectivity index (χ1n) is 5.85. The van der Waals surface area contributed by atoms with Crippen molar-refractivity contribution in [3.8, 4) is 0 Å². The Kier molecular flexibility index (Phi) is 2.26. The van der Waals surface area contributed by atoms with Gasteiger partial charge in [0.05, 0.1) is 0 Å². The number of hydrogen-bond acceptors (Lipinski definition) is 2. The fourth-order valence-corrected chi connectivity index (χ4v) is 3.06. The van der Waals surface area contributed by atoms with E-state index in [-0.39, 0.29) is 0 Å². The van der Waals surface area contributed by atoms with Gasteiger partial charge in [-0.25, -0.2) is 0 Å². The van der Waals surface area contributed by atoms with Gasteiger partial charge in [-0.05, 0) is 29.9 Å². The van der Waals surface area contributed by atoms with Crippen molar-refractivity contribution in [1.82, 2.24) is 4.90 Å². The Labute approximate surface area is 91.1 Å². The normalized spacial score (nSPS) is 34.1. The molecule has 2 N–H and O–H groups in total. The summed E-state index contributed by atoms with van der Waals surface area (Å²) in [7, 11) is 0. The third kappa shape index (κ3) is 1.68. The highest BCUT2D eigenvalue weighted by Crippen LogP contribution is 2.51. The maximum absolute atomic E-state index is 5.70. The summed E-state index contributed by atoms with van der Waals surface area (Å²) < 4.78 is 0. The van der Waals surface area contributed by atoms with Gasteiger partial charge in [-0.2, -0.15) is 0 Å². The van der Waals surface area contributed by atoms with Crippen molar-refractivity contribution in [3.63, 3.8) is 0 Å². The number of nitrogens with zero attached hydrogens (tertiary/aromatic N) is 1. The van der Waals surface area contributed by atoms with Crippen LogP contribution in [-0.4, -0.2) is 24.5 Å². The number of benzene rings is 1. The minimum atomic E-state index is 0.844. The maximum atomic E-state index is 5.70. The topological polar surface area (TPSA) is 29.3 Å². The predicted molar refractivity (Wildman–Crippen MR) is 61.2 cm³/mol. The fraction of sp³-hybridized carbons (Fsp3) is 0.538. The Bertz CT molecular complexity index is 324. The van der Waals surface area contributed by atoms with Crippen LogP contribution in [0.3, 0.4) is 0 Å². The molecular weight excluding hydrogens is 184 g/mol. The molecule has 1 aliphatic carbocycles. The number of likely N-dealkylation sites (tertiary alicyclic amines) is 1. The Hall–Kier alpha value is -0.860. The van der Waals surface area contributed by atoms with E-state index in [4.69, 9.17) is 5.73 Å². The van der Waals surface area contributed by atoms with Gasteiger partial charge in [0, 0.05) is 19.6 Å². The number of hydrogen-bond donors (Lipinski definition) is 1. The Balaban J connectivity index is 1.56. The minimum absolute atomic E-state index is 0.844. The molecule has 1 aliphatic heterocycles. The van der Waals surface area contributed by atoms with E-state index in [1.165, 1.54) is 18.7 Å². The van der Waals surface area contributed by atoms with E-state index in [0.717, 1.165) is 30.8 Å². The number of piperidine rings is 1. The van der Waals surface area contributed by atoms with Gasteiger partial charge in [0.15, 0.2) is 0 Å². The van der Waals surface area contributed by atoms with E-state index >= 15 is 0 Å². The summed E-state index contributed by atoms with van der Waals surface area (Å²) in [6.45, 7) is 4.54. The molecule has 1 aromatic carbocycles. The van der Waals surface area contributed by atoms with Gasteiger partial charge < -0.3 is 5.73 Å². The zero-order valence-corrected chi connectivity index (χ0v) is 8.97. The van der Waals surface area contributed by atoms with Crippen molar-refractivity contribution in [1.29, 1.82) is 0 Å². The summed E-state index contributed by atoms with van der Waals surface area (Å²) in [6.07, 6.45) is 0. The molecule has 1 heterocycles. The van der Waals surface area contributed by atoms with Crippen molar-refractivity contribution >= 4 is 0 Å². The van der Waals surface area contributed by atoms with Crippen LogP contribution in [-0.2, 0) is 6.54 Å². The molecule has 3 atom stereocenters. The molecule has 2 nitrogen and oxygen atoms in total. The third-order valence-corrected chi connectivity index (χ3v) is 3.97. The molecule has 0 amide bonds. The summed E-state index contributed by atoms with van der Waals surface area (Å²) in [5, 5.41) is 0. The first-order valence-corrected chi connectivity index (χ1v) is 5.85. The molecule has 1 saturated heterocycles. The van der Waals surface area contributed by atoms with Gasteiger partial charge in [0.2, 0.25) is 0 Å². The fourth-order valence-electron chi connectivity index (χ4n) is 3.06. The summed E-state index contributed by atoms with van der Waals surface area (Å²) in [5.74, 6) is 2.68. The molecule has 2 aliphatic rings. The quantitative estimate of drug-likeness (QED) is 0.801. The van der Waals surface area contributed by atoms with Crippen LogP contribution in [0, 0.1) is 17.8 Å². The number of fused-ring (bicyclic) bond motifs is 1. The molecule has 0 radical (unpaired) electrons. The first-order chi connectivity index (χ1) is 7.38. The molecule has 3 rings (SSSR count). The van der Waals surface area contributed by atoms with Crippen LogP contribution < -0.4 is 5.73 Å². The van der Waals surface area contributed by atoms with Gasteiger partial charge in [-0.1, -0.05) is 30.3 Å². The second kappa shape index (κ2) is 3.62. The summed E-state index contributed by atoms with van der Waals surface area (Å²) in [4.78, 5) is 2.57. The van der Waals surface area contributed by atoms with E-state index < -0.39 is 0 Å². The monoisotopic (exact) mass is 202 g/mol. The molecule has 0 spiro atoms. The lowest BCUT2D eigenvalue weighted by Crippen LogP contribution is -2.25. The van der Waals surface area contributed by atoms with Crippen LogP contribution in [0.4, 0.5) is 0 Å². The first kappa shape index (κ1) is 9.37. The highest BCUT2D eigenvalue weighted by atomic mass is 15.2. The molecule has 0 bridgehead atoms. The lowest BCUT2D eigenvalue weighted by molar-refractivity contribution is 0.279. The highest BCUT2D eigenvalue weighted by Gasteiger charge is 2.54. The van der Waals surface area contributed by atoms with Gasteiger partial charge in [0.1, 0.15) is 0 Å². The van der Waals surface area contributed by atoms with E-state index in [1.54, 1.807) is 0 Å². The number of rotatable bonds is 3. The van der Waals surface area contributed by atoms with Crippen molar-refractivity contribution in [2.24, 2.45) is 23.5 Å². The van der Waals surface area contributed by atoms with Gasteiger partial charge in [0.25, 0.3) is 0 Å². The van der Waals surface area contributed by atoms with Crippen LogP contribution in [0.25, 0.3) is 0 Å². The summed E-state index contributed by atoms with van der Waals surface area (Å²) in [6, 6.07) is 10.7. The van der Waals surface area contributed by atoms with Crippen LogP contribution in [0.5, 0.6) is 0 Å². The van der Waals surface area contributed by atoms with Crippen molar-refractivity contribution < 1.29 is 0 Å². The smallest absolute Gasteiger partial charge is 0.0233 e. The van der Waals surface area contributed by atoms with Gasteiger partial charge in [-0.15, -0.1) is 0 Å². The average molecular weight is 202 g/mol. The van der Waals surface area contributed by atoms with Crippen molar-refractivity contribution in [2.45, 2.75) is 6.54 Å². The average Bonchev–Trinajstić information content (AvgIpc) is 2.75. The second-order valence-corrected chi connectivity index (χ2v) is 4.91. The third-order valence-electron chi connectivity index (χ3n) is 3.97.